The highest BCUT2D eigenvalue weighted by Crippen LogP contribution is 2.21. The maximum Gasteiger partial charge on any atom is 0.244 e. The summed E-state index contributed by atoms with van der Waals surface area (Å²) < 4.78 is 1.67. The summed E-state index contributed by atoms with van der Waals surface area (Å²) in [5.41, 5.74) is 6.83. The number of likely N-dealkylation sites (tertiary alicyclic amines) is 1. The molecular weight excluding hydrogens is 254 g/mol. The largest absolute Gasteiger partial charge is 0.341 e. The molecule has 1 aromatic rings. The molecule has 2 rings (SSSR count). The molecule has 1 amide bonds. The fourth-order valence-electron chi connectivity index (χ4n) is 2.79. The van der Waals surface area contributed by atoms with E-state index in [1.165, 1.54) is 0 Å². The number of nitrogens with zero attached hydrogens (tertiary/aromatic N) is 4. The van der Waals surface area contributed by atoms with Gasteiger partial charge in [0.25, 0.3) is 0 Å². The minimum absolute atomic E-state index is 0.0151. The molecule has 6 heteroatoms. The summed E-state index contributed by atoms with van der Waals surface area (Å²) in [5.74, 6) is 0.699. The fraction of sp³-hybridized carbons (Fsp3) is 0.714. The maximum absolute atomic E-state index is 12.4. The predicted octanol–water partition coefficient (Wildman–Crippen LogP) is 0.220. The van der Waals surface area contributed by atoms with E-state index in [0.717, 1.165) is 38.0 Å². The van der Waals surface area contributed by atoms with Crippen molar-refractivity contribution in [3.8, 4) is 0 Å². The predicted molar refractivity (Wildman–Crippen MR) is 78.0 cm³/mol. The Balaban J connectivity index is 1.88. The summed E-state index contributed by atoms with van der Waals surface area (Å²) in [7, 11) is 6.01. The smallest absolute Gasteiger partial charge is 0.244 e. The average molecular weight is 279 g/mol. The highest BCUT2D eigenvalue weighted by molar-refractivity contribution is 5.83. The molecule has 1 fully saturated rings. The summed E-state index contributed by atoms with van der Waals surface area (Å²) in [4.78, 5) is 16.5. The van der Waals surface area contributed by atoms with Gasteiger partial charge in [0, 0.05) is 38.4 Å². The fourth-order valence-corrected chi connectivity index (χ4v) is 2.79. The van der Waals surface area contributed by atoms with Crippen molar-refractivity contribution in [2.24, 2.45) is 18.7 Å². The molecule has 0 spiro atoms. The van der Waals surface area contributed by atoms with Crippen LogP contribution in [0.3, 0.4) is 0 Å². The number of aryl methyl sites for hydroxylation is 1. The summed E-state index contributed by atoms with van der Waals surface area (Å²) in [6.07, 6.45) is 5.59. The van der Waals surface area contributed by atoms with E-state index >= 15 is 0 Å². The lowest BCUT2D eigenvalue weighted by Crippen LogP contribution is -2.44. The normalized spacial score (nSPS) is 18.6. The van der Waals surface area contributed by atoms with Gasteiger partial charge in [0.05, 0.1) is 6.20 Å². The number of nitrogens with two attached hydrogens (primary N) is 1. The van der Waals surface area contributed by atoms with Gasteiger partial charge in [-0.05, 0) is 32.9 Å². The molecule has 6 nitrogen and oxygen atoms in total. The average Bonchev–Trinajstić information content (AvgIpc) is 2.84. The molecule has 1 aliphatic heterocycles. The van der Waals surface area contributed by atoms with Crippen LogP contribution < -0.4 is 5.73 Å². The summed E-state index contributed by atoms with van der Waals surface area (Å²) in [6.45, 7) is 2.72. The molecule has 0 bridgehead atoms. The third-order valence-corrected chi connectivity index (χ3v) is 3.90. The monoisotopic (exact) mass is 279 g/mol. The molecule has 1 aliphatic rings. The van der Waals surface area contributed by atoms with Crippen LogP contribution in [0.2, 0.25) is 0 Å². The maximum atomic E-state index is 12.4. The van der Waals surface area contributed by atoms with E-state index < -0.39 is 6.04 Å². The third-order valence-electron chi connectivity index (χ3n) is 3.90. The van der Waals surface area contributed by atoms with Crippen LogP contribution >= 0.6 is 0 Å². The van der Waals surface area contributed by atoms with Crippen molar-refractivity contribution in [2.75, 3.05) is 33.7 Å². The van der Waals surface area contributed by atoms with Crippen molar-refractivity contribution >= 4 is 5.91 Å². The summed E-state index contributed by atoms with van der Waals surface area (Å²) in [5, 5.41) is 4.07. The minimum Gasteiger partial charge on any atom is -0.341 e. The van der Waals surface area contributed by atoms with Crippen molar-refractivity contribution in [3.05, 3.63) is 18.0 Å². The highest BCUT2D eigenvalue weighted by atomic mass is 16.2. The van der Waals surface area contributed by atoms with E-state index in [1.807, 2.05) is 11.9 Å². The molecule has 2 heterocycles. The van der Waals surface area contributed by atoms with Gasteiger partial charge in [-0.1, -0.05) is 0 Å². The topological polar surface area (TPSA) is 67.4 Å². The first-order chi connectivity index (χ1) is 9.47. The molecular formula is C14H25N5O. The van der Waals surface area contributed by atoms with Gasteiger partial charge in [0.2, 0.25) is 5.91 Å². The quantitative estimate of drug-likeness (QED) is 0.856. The van der Waals surface area contributed by atoms with Crippen molar-refractivity contribution in [3.63, 3.8) is 0 Å². The van der Waals surface area contributed by atoms with Crippen molar-refractivity contribution in [1.29, 1.82) is 0 Å². The molecule has 0 aromatic carbocycles. The Kier molecular flexibility index (Phi) is 4.77. The van der Waals surface area contributed by atoms with Crippen LogP contribution in [0.15, 0.2) is 12.4 Å². The van der Waals surface area contributed by atoms with Crippen LogP contribution in [0.1, 0.15) is 24.4 Å². The first-order valence-electron chi connectivity index (χ1n) is 7.15. The van der Waals surface area contributed by atoms with Gasteiger partial charge in [-0.2, -0.15) is 5.10 Å². The van der Waals surface area contributed by atoms with Crippen LogP contribution in [0.25, 0.3) is 0 Å². The van der Waals surface area contributed by atoms with Crippen molar-refractivity contribution in [1.82, 2.24) is 19.6 Å². The molecule has 2 N–H and O–H groups in total. The SMILES string of the molecule is CN(C)CC1CCN(C(=O)C(N)c2cnn(C)c2)CC1. The van der Waals surface area contributed by atoms with E-state index in [-0.39, 0.29) is 5.91 Å². The Hall–Kier alpha value is -1.40. The summed E-state index contributed by atoms with van der Waals surface area (Å²) in [6, 6.07) is -0.589. The van der Waals surface area contributed by atoms with E-state index in [4.69, 9.17) is 5.73 Å². The second kappa shape index (κ2) is 6.37. The zero-order chi connectivity index (χ0) is 14.7. The van der Waals surface area contributed by atoms with Gasteiger partial charge in [0.1, 0.15) is 6.04 Å². The van der Waals surface area contributed by atoms with E-state index in [9.17, 15) is 4.79 Å². The Morgan fingerprint density at radius 3 is 2.65 bits per heavy atom. The minimum atomic E-state index is -0.589. The second-order valence-electron chi connectivity index (χ2n) is 5.96. The molecule has 112 valence electrons. The van der Waals surface area contributed by atoms with Gasteiger partial charge in [-0.3, -0.25) is 9.48 Å². The Morgan fingerprint density at radius 1 is 1.50 bits per heavy atom. The van der Waals surface area contributed by atoms with E-state index in [2.05, 4.69) is 24.1 Å². The zero-order valence-corrected chi connectivity index (χ0v) is 12.6. The lowest BCUT2D eigenvalue weighted by Gasteiger charge is -2.34. The van der Waals surface area contributed by atoms with Crippen LogP contribution in [0, 0.1) is 5.92 Å². The van der Waals surface area contributed by atoms with Crippen LogP contribution in [0.4, 0.5) is 0 Å². The van der Waals surface area contributed by atoms with Gasteiger partial charge in [-0.25, -0.2) is 0 Å². The molecule has 1 unspecified atom stereocenters. The molecule has 0 saturated carbocycles. The standard InChI is InChI=1S/C14H25N5O/c1-17(2)9-11-4-6-19(7-5-11)14(20)13(15)12-8-16-18(3)10-12/h8,10-11,13H,4-7,9,15H2,1-3H3. The van der Waals surface area contributed by atoms with E-state index in [1.54, 1.807) is 17.1 Å². The first-order valence-corrected chi connectivity index (χ1v) is 7.15. The van der Waals surface area contributed by atoms with Gasteiger partial charge < -0.3 is 15.5 Å². The van der Waals surface area contributed by atoms with Crippen LogP contribution in [0.5, 0.6) is 0 Å². The number of amides is 1. The Morgan fingerprint density at radius 2 is 2.15 bits per heavy atom. The molecule has 0 aliphatic carbocycles. The van der Waals surface area contributed by atoms with E-state index in [0.29, 0.717) is 5.92 Å². The number of piperidine rings is 1. The molecule has 1 saturated heterocycles. The number of hydrogen-bond acceptors (Lipinski definition) is 4. The van der Waals surface area contributed by atoms with Crippen molar-refractivity contribution < 1.29 is 4.79 Å². The Bertz CT molecular complexity index is 448. The Labute approximate surface area is 120 Å². The van der Waals surface area contributed by atoms with Gasteiger partial charge >= 0.3 is 0 Å². The summed E-state index contributed by atoms with van der Waals surface area (Å²) >= 11 is 0. The number of aromatic nitrogens is 2. The molecule has 20 heavy (non-hydrogen) atoms. The van der Waals surface area contributed by atoms with Gasteiger partial charge in [0.15, 0.2) is 0 Å². The van der Waals surface area contributed by atoms with Crippen LogP contribution in [-0.4, -0.2) is 59.2 Å². The third kappa shape index (κ3) is 3.58. The lowest BCUT2D eigenvalue weighted by atomic mass is 9.95. The highest BCUT2D eigenvalue weighted by Gasteiger charge is 2.27. The number of carbonyl (C=O) groups excluding carboxylic acids is 1. The molecule has 1 aromatic heterocycles. The lowest BCUT2D eigenvalue weighted by molar-refractivity contribution is -0.134. The first kappa shape index (κ1) is 15.0. The van der Waals surface area contributed by atoms with Gasteiger partial charge in [-0.15, -0.1) is 0 Å². The number of hydrogen-bond donors (Lipinski definition) is 1. The molecule has 0 radical (unpaired) electrons. The number of rotatable bonds is 4. The number of carbonyl (C=O) groups is 1. The van der Waals surface area contributed by atoms with Crippen LogP contribution in [-0.2, 0) is 11.8 Å². The zero-order valence-electron chi connectivity index (χ0n) is 12.6. The second-order valence-corrected chi connectivity index (χ2v) is 5.96. The van der Waals surface area contributed by atoms with Crippen molar-refractivity contribution in [2.45, 2.75) is 18.9 Å². The molecule has 1 atom stereocenters.